The molecule has 1 saturated heterocycles. The lowest BCUT2D eigenvalue weighted by Crippen LogP contribution is -2.41. The number of esters is 1. The highest BCUT2D eigenvalue weighted by Gasteiger charge is 2.23. The molecule has 1 N–H and O–H groups in total. The molecule has 126 valence electrons. The number of nitrogens with zero attached hydrogens (tertiary/aromatic N) is 2. The first-order chi connectivity index (χ1) is 11.6. The van der Waals surface area contributed by atoms with Crippen molar-refractivity contribution in [3.8, 4) is 0 Å². The zero-order valence-corrected chi connectivity index (χ0v) is 13.4. The molecule has 0 bridgehead atoms. The van der Waals surface area contributed by atoms with Gasteiger partial charge in [0.05, 0.1) is 5.39 Å². The van der Waals surface area contributed by atoms with E-state index in [1.807, 2.05) is 0 Å². The number of fused-ring (bicyclic) bond motifs is 1. The maximum atomic E-state index is 12.2. The third kappa shape index (κ3) is 3.29. The first-order valence-corrected chi connectivity index (χ1v) is 7.98. The fraction of sp³-hybridized carbons (Fsp3) is 0.412. The SMILES string of the molecule is C[C@H]1CCCN(C(=O)COC(=O)c2n[nH]c(=O)c3ccccc23)C1. The molecule has 2 heterocycles. The number of likely N-dealkylation sites (tertiary alicyclic amines) is 1. The van der Waals surface area contributed by atoms with Crippen molar-refractivity contribution >= 4 is 22.6 Å². The second kappa shape index (κ2) is 6.82. The van der Waals surface area contributed by atoms with E-state index in [2.05, 4.69) is 17.1 Å². The third-order valence-corrected chi connectivity index (χ3v) is 4.23. The van der Waals surface area contributed by atoms with E-state index < -0.39 is 5.97 Å². The van der Waals surface area contributed by atoms with Crippen LogP contribution in [0.4, 0.5) is 0 Å². The van der Waals surface area contributed by atoms with Gasteiger partial charge >= 0.3 is 5.97 Å². The summed E-state index contributed by atoms with van der Waals surface area (Å²) in [6.07, 6.45) is 2.07. The predicted molar refractivity (Wildman–Crippen MR) is 87.6 cm³/mol. The summed E-state index contributed by atoms with van der Waals surface area (Å²) >= 11 is 0. The van der Waals surface area contributed by atoms with Crippen molar-refractivity contribution in [1.29, 1.82) is 0 Å². The molecule has 7 nitrogen and oxygen atoms in total. The van der Waals surface area contributed by atoms with Gasteiger partial charge in [0.15, 0.2) is 12.3 Å². The molecule has 1 aliphatic heterocycles. The van der Waals surface area contributed by atoms with Gasteiger partial charge in [0, 0.05) is 18.5 Å². The number of rotatable bonds is 3. The number of carbonyl (C=O) groups excluding carboxylic acids is 2. The van der Waals surface area contributed by atoms with E-state index in [1.165, 1.54) is 0 Å². The number of amides is 1. The largest absolute Gasteiger partial charge is 0.451 e. The second-order valence-corrected chi connectivity index (χ2v) is 6.11. The van der Waals surface area contributed by atoms with Crippen LogP contribution < -0.4 is 5.56 Å². The highest BCUT2D eigenvalue weighted by molar-refractivity contribution is 6.02. The quantitative estimate of drug-likeness (QED) is 0.858. The molecular formula is C17H19N3O4. The van der Waals surface area contributed by atoms with Gasteiger partial charge in [-0.15, -0.1) is 0 Å². The van der Waals surface area contributed by atoms with Crippen LogP contribution in [0, 0.1) is 5.92 Å². The van der Waals surface area contributed by atoms with Crippen LogP contribution >= 0.6 is 0 Å². The molecule has 1 atom stereocenters. The summed E-state index contributed by atoms with van der Waals surface area (Å²) in [6.45, 7) is 3.17. The minimum atomic E-state index is -0.721. The lowest BCUT2D eigenvalue weighted by molar-refractivity contribution is -0.136. The van der Waals surface area contributed by atoms with Crippen LogP contribution in [-0.2, 0) is 9.53 Å². The molecule has 0 radical (unpaired) electrons. The number of nitrogens with one attached hydrogen (secondary N) is 1. The Kier molecular flexibility index (Phi) is 4.59. The summed E-state index contributed by atoms with van der Waals surface area (Å²) in [7, 11) is 0. The minimum Gasteiger partial charge on any atom is -0.451 e. The Bertz CT molecular complexity index is 830. The minimum absolute atomic E-state index is 0.00464. The van der Waals surface area contributed by atoms with Gasteiger partial charge in [0.25, 0.3) is 11.5 Å². The standard InChI is InChI=1S/C17H19N3O4/c1-11-5-4-8-20(9-11)14(21)10-24-17(23)15-12-6-2-3-7-13(12)16(22)19-18-15/h2-3,6-7,11H,4-5,8-10H2,1H3,(H,19,22)/t11-/m0/s1. The van der Waals surface area contributed by atoms with Crippen molar-refractivity contribution in [3.63, 3.8) is 0 Å². The van der Waals surface area contributed by atoms with E-state index in [0.717, 1.165) is 12.8 Å². The predicted octanol–water partition coefficient (Wildman–Crippen LogP) is 1.34. The molecule has 0 unspecified atom stereocenters. The zero-order chi connectivity index (χ0) is 17.1. The smallest absolute Gasteiger partial charge is 0.359 e. The lowest BCUT2D eigenvalue weighted by Gasteiger charge is -2.30. The van der Waals surface area contributed by atoms with Crippen LogP contribution in [0.2, 0.25) is 0 Å². The van der Waals surface area contributed by atoms with E-state index in [0.29, 0.717) is 29.8 Å². The Labute approximate surface area is 138 Å². The highest BCUT2D eigenvalue weighted by atomic mass is 16.5. The monoisotopic (exact) mass is 329 g/mol. The Morgan fingerprint density at radius 1 is 1.33 bits per heavy atom. The maximum absolute atomic E-state index is 12.2. The van der Waals surface area contributed by atoms with Crippen LogP contribution in [0.3, 0.4) is 0 Å². The molecule has 0 aliphatic carbocycles. The van der Waals surface area contributed by atoms with Gasteiger partial charge in [-0.2, -0.15) is 5.10 Å². The summed E-state index contributed by atoms with van der Waals surface area (Å²) in [4.78, 5) is 37.9. The Balaban J connectivity index is 1.71. The summed E-state index contributed by atoms with van der Waals surface area (Å²) in [6, 6.07) is 6.64. The number of H-pyrrole nitrogens is 1. The van der Waals surface area contributed by atoms with Crippen molar-refractivity contribution in [2.75, 3.05) is 19.7 Å². The molecule has 0 spiro atoms. The molecule has 1 fully saturated rings. The number of aromatic nitrogens is 2. The summed E-state index contributed by atoms with van der Waals surface area (Å²) < 4.78 is 5.11. The van der Waals surface area contributed by atoms with E-state index in [9.17, 15) is 14.4 Å². The maximum Gasteiger partial charge on any atom is 0.359 e. The van der Waals surface area contributed by atoms with Crippen LogP contribution in [0.15, 0.2) is 29.1 Å². The molecule has 2 aromatic rings. The summed E-state index contributed by atoms with van der Waals surface area (Å²) in [5, 5.41) is 6.82. The topological polar surface area (TPSA) is 92.4 Å². The Morgan fingerprint density at radius 2 is 2.08 bits per heavy atom. The van der Waals surface area contributed by atoms with Crippen LogP contribution in [0.25, 0.3) is 10.8 Å². The summed E-state index contributed by atoms with van der Waals surface area (Å²) in [5.74, 6) is -0.465. The molecule has 1 amide bonds. The van der Waals surface area contributed by atoms with E-state index in [-0.39, 0.29) is 23.8 Å². The molecule has 1 aromatic heterocycles. The normalized spacial score (nSPS) is 17.7. The van der Waals surface area contributed by atoms with Gasteiger partial charge in [0.1, 0.15) is 0 Å². The van der Waals surface area contributed by atoms with Crippen LogP contribution in [0.5, 0.6) is 0 Å². The Hall–Kier alpha value is -2.70. The fourth-order valence-electron chi connectivity index (χ4n) is 2.97. The van der Waals surface area contributed by atoms with Gasteiger partial charge < -0.3 is 9.64 Å². The fourth-order valence-corrected chi connectivity index (χ4v) is 2.97. The zero-order valence-electron chi connectivity index (χ0n) is 13.4. The molecule has 1 aliphatic rings. The first-order valence-electron chi connectivity index (χ1n) is 7.98. The molecular weight excluding hydrogens is 310 g/mol. The lowest BCUT2D eigenvalue weighted by atomic mass is 10.0. The van der Waals surface area contributed by atoms with E-state index in [4.69, 9.17) is 4.74 Å². The molecule has 3 rings (SSSR count). The van der Waals surface area contributed by atoms with Crippen LogP contribution in [0.1, 0.15) is 30.3 Å². The first kappa shape index (κ1) is 16.2. The van der Waals surface area contributed by atoms with Gasteiger partial charge in [-0.3, -0.25) is 9.59 Å². The number of hydrogen-bond acceptors (Lipinski definition) is 5. The average Bonchev–Trinajstić information content (AvgIpc) is 2.60. The molecule has 1 aromatic carbocycles. The molecule has 7 heteroatoms. The highest BCUT2D eigenvalue weighted by Crippen LogP contribution is 2.16. The van der Waals surface area contributed by atoms with E-state index in [1.54, 1.807) is 29.2 Å². The van der Waals surface area contributed by atoms with Gasteiger partial charge in [-0.1, -0.05) is 25.1 Å². The molecule has 24 heavy (non-hydrogen) atoms. The number of carbonyl (C=O) groups is 2. The number of piperidine rings is 1. The van der Waals surface area contributed by atoms with Gasteiger partial charge in [-0.25, -0.2) is 9.89 Å². The van der Waals surface area contributed by atoms with Crippen molar-refractivity contribution in [1.82, 2.24) is 15.1 Å². The van der Waals surface area contributed by atoms with E-state index >= 15 is 0 Å². The van der Waals surface area contributed by atoms with Crippen molar-refractivity contribution in [3.05, 3.63) is 40.3 Å². The molecule has 0 saturated carbocycles. The second-order valence-electron chi connectivity index (χ2n) is 6.11. The van der Waals surface area contributed by atoms with Crippen LogP contribution in [-0.4, -0.2) is 46.7 Å². The average molecular weight is 329 g/mol. The number of ether oxygens (including phenoxy) is 1. The van der Waals surface area contributed by atoms with Gasteiger partial charge in [0.2, 0.25) is 0 Å². The number of hydrogen-bond donors (Lipinski definition) is 1. The third-order valence-electron chi connectivity index (χ3n) is 4.23. The van der Waals surface area contributed by atoms with Crippen molar-refractivity contribution < 1.29 is 14.3 Å². The Morgan fingerprint density at radius 3 is 2.83 bits per heavy atom. The van der Waals surface area contributed by atoms with Gasteiger partial charge in [-0.05, 0) is 24.8 Å². The number of aromatic amines is 1. The van der Waals surface area contributed by atoms with Crippen molar-refractivity contribution in [2.24, 2.45) is 5.92 Å². The number of benzene rings is 1. The van der Waals surface area contributed by atoms with Crippen molar-refractivity contribution in [2.45, 2.75) is 19.8 Å². The summed E-state index contributed by atoms with van der Waals surface area (Å²) in [5.41, 5.74) is -0.370.